The van der Waals surface area contributed by atoms with Gasteiger partial charge in [0.15, 0.2) is 0 Å². The second-order valence-corrected chi connectivity index (χ2v) is 8.15. The molecule has 2 aliphatic rings. The molecule has 5 heteroatoms. The maximum absolute atomic E-state index is 12.7. The molecule has 128 valence electrons. The summed E-state index contributed by atoms with van der Waals surface area (Å²) in [5.41, 5.74) is 5.55. The van der Waals surface area contributed by atoms with Gasteiger partial charge in [0.25, 0.3) is 0 Å². The van der Waals surface area contributed by atoms with Gasteiger partial charge in [-0.25, -0.2) is 0 Å². The highest BCUT2D eigenvalue weighted by atomic mass is 32.1. The van der Waals surface area contributed by atoms with Crippen LogP contribution in [0.5, 0.6) is 0 Å². The first-order chi connectivity index (χ1) is 12.1. The first kappa shape index (κ1) is 16.3. The first-order valence-electron chi connectivity index (χ1n) is 8.72. The molecule has 4 rings (SSSR count). The van der Waals surface area contributed by atoms with Crippen LogP contribution in [-0.2, 0) is 17.8 Å². The predicted molar refractivity (Wildman–Crippen MR) is 99.8 cm³/mol. The highest BCUT2D eigenvalue weighted by Crippen LogP contribution is 2.49. The summed E-state index contributed by atoms with van der Waals surface area (Å²) in [6.07, 6.45) is 1.75. The molecule has 2 heterocycles. The summed E-state index contributed by atoms with van der Waals surface area (Å²) in [6.45, 7) is 5.88. The molecule has 1 amide bonds. The molecule has 1 saturated carbocycles. The van der Waals surface area contributed by atoms with Crippen molar-refractivity contribution >= 4 is 22.2 Å². The number of thiophene rings is 1. The highest BCUT2D eigenvalue weighted by molar-refractivity contribution is 7.16. The lowest BCUT2D eigenvalue weighted by Gasteiger charge is -2.11. The number of carbonyl (C=O) groups is 1. The van der Waals surface area contributed by atoms with Crippen LogP contribution in [0.25, 0.3) is 0 Å². The fourth-order valence-electron chi connectivity index (χ4n) is 3.73. The molecule has 2 aromatic rings. The van der Waals surface area contributed by atoms with Crippen molar-refractivity contribution in [3.8, 4) is 6.07 Å². The van der Waals surface area contributed by atoms with Gasteiger partial charge < -0.3 is 10.6 Å². The molecule has 0 saturated heterocycles. The van der Waals surface area contributed by atoms with E-state index in [4.69, 9.17) is 0 Å². The zero-order valence-electron chi connectivity index (χ0n) is 14.5. The molecule has 0 bridgehead atoms. The molecule has 2 unspecified atom stereocenters. The van der Waals surface area contributed by atoms with Crippen LogP contribution in [0, 0.1) is 31.1 Å². The van der Waals surface area contributed by atoms with E-state index in [0.717, 1.165) is 36.5 Å². The fourth-order valence-corrected chi connectivity index (χ4v) is 4.90. The van der Waals surface area contributed by atoms with E-state index in [-0.39, 0.29) is 11.8 Å². The van der Waals surface area contributed by atoms with Gasteiger partial charge in [-0.05, 0) is 55.8 Å². The summed E-state index contributed by atoms with van der Waals surface area (Å²) in [4.78, 5) is 13.9. The number of fused-ring (bicyclic) bond motifs is 1. The van der Waals surface area contributed by atoms with Gasteiger partial charge in [-0.1, -0.05) is 23.8 Å². The zero-order chi connectivity index (χ0) is 17.6. The molecular formula is C20H21N3OS. The summed E-state index contributed by atoms with van der Waals surface area (Å²) >= 11 is 1.55. The van der Waals surface area contributed by atoms with Crippen LogP contribution in [0.2, 0.25) is 0 Å². The first-order valence-corrected chi connectivity index (χ1v) is 9.53. The summed E-state index contributed by atoms with van der Waals surface area (Å²) in [5.74, 6) is 0.375. The monoisotopic (exact) mass is 351 g/mol. The summed E-state index contributed by atoms with van der Waals surface area (Å²) in [7, 11) is 0. The Kier molecular flexibility index (Phi) is 4.10. The molecule has 25 heavy (non-hydrogen) atoms. The summed E-state index contributed by atoms with van der Waals surface area (Å²) < 4.78 is 0. The third-order valence-corrected chi connectivity index (χ3v) is 6.39. The highest BCUT2D eigenvalue weighted by Gasteiger charge is 2.45. The Balaban J connectivity index is 1.52. The lowest BCUT2D eigenvalue weighted by atomic mass is 10.0. The van der Waals surface area contributed by atoms with Crippen LogP contribution in [0.15, 0.2) is 18.2 Å². The maximum atomic E-state index is 12.7. The molecular weight excluding hydrogens is 330 g/mol. The Morgan fingerprint density at radius 1 is 1.40 bits per heavy atom. The van der Waals surface area contributed by atoms with Crippen molar-refractivity contribution in [2.45, 2.75) is 39.2 Å². The number of nitriles is 1. The quantitative estimate of drug-likeness (QED) is 0.887. The van der Waals surface area contributed by atoms with E-state index in [1.807, 2.05) is 0 Å². The second-order valence-electron chi connectivity index (χ2n) is 7.04. The summed E-state index contributed by atoms with van der Waals surface area (Å²) in [5, 5.41) is 16.6. The van der Waals surface area contributed by atoms with E-state index in [1.54, 1.807) is 11.3 Å². The smallest absolute Gasteiger partial charge is 0.228 e. The Morgan fingerprint density at radius 2 is 2.24 bits per heavy atom. The number of benzene rings is 1. The normalized spacial score (nSPS) is 21.3. The van der Waals surface area contributed by atoms with Crippen LogP contribution in [0.3, 0.4) is 0 Å². The Bertz CT molecular complexity index is 893. The maximum Gasteiger partial charge on any atom is 0.228 e. The number of anilines is 1. The number of amides is 1. The SMILES string of the molecule is Cc1ccc(C)c(C2CC2C(=O)Nc2sc3c(c2C#N)CCNC3)c1. The van der Waals surface area contributed by atoms with Crippen LogP contribution < -0.4 is 10.6 Å². The van der Waals surface area contributed by atoms with Crippen LogP contribution in [0.4, 0.5) is 5.00 Å². The topological polar surface area (TPSA) is 64.9 Å². The third kappa shape index (κ3) is 2.97. The molecule has 0 radical (unpaired) electrons. The van der Waals surface area contributed by atoms with E-state index in [1.165, 1.54) is 21.6 Å². The molecule has 1 fully saturated rings. The largest absolute Gasteiger partial charge is 0.316 e. The van der Waals surface area contributed by atoms with Crippen molar-refractivity contribution in [2.24, 2.45) is 5.92 Å². The summed E-state index contributed by atoms with van der Waals surface area (Å²) in [6, 6.07) is 8.74. The molecule has 2 atom stereocenters. The number of aryl methyl sites for hydroxylation is 2. The van der Waals surface area contributed by atoms with E-state index in [0.29, 0.717) is 11.5 Å². The lowest BCUT2D eigenvalue weighted by molar-refractivity contribution is -0.117. The van der Waals surface area contributed by atoms with Crippen LogP contribution in [0.1, 0.15) is 45.0 Å². The molecule has 4 nitrogen and oxygen atoms in total. The Hall–Kier alpha value is -2.16. The second kappa shape index (κ2) is 6.29. The van der Waals surface area contributed by atoms with Gasteiger partial charge in [-0.3, -0.25) is 4.79 Å². The molecule has 1 aliphatic carbocycles. The number of nitrogens with one attached hydrogen (secondary N) is 2. The zero-order valence-corrected chi connectivity index (χ0v) is 15.3. The van der Waals surface area contributed by atoms with Gasteiger partial charge in [0, 0.05) is 17.3 Å². The lowest BCUT2D eigenvalue weighted by Crippen LogP contribution is -2.22. The van der Waals surface area contributed by atoms with Gasteiger partial charge >= 0.3 is 0 Å². The van der Waals surface area contributed by atoms with Gasteiger partial charge in [0.1, 0.15) is 11.1 Å². The number of hydrogen-bond acceptors (Lipinski definition) is 4. The van der Waals surface area contributed by atoms with E-state index < -0.39 is 0 Å². The molecule has 1 aliphatic heterocycles. The Labute approximate surface area is 151 Å². The van der Waals surface area contributed by atoms with Crippen molar-refractivity contribution in [2.75, 3.05) is 11.9 Å². The van der Waals surface area contributed by atoms with Crippen molar-refractivity contribution in [1.29, 1.82) is 5.26 Å². The minimum Gasteiger partial charge on any atom is -0.316 e. The number of rotatable bonds is 3. The van der Waals surface area contributed by atoms with Crippen molar-refractivity contribution in [1.82, 2.24) is 5.32 Å². The number of carbonyl (C=O) groups excluding carboxylic acids is 1. The molecule has 1 aromatic heterocycles. The van der Waals surface area contributed by atoms with Crippen LogP contribution in [-0.4, -0.2) is 12.5 Å². The van der Waals surface area contributed by atoms with E-state index in [2.05, 4.69) is 48.7 Å². The van der Waals surface area contributed by atoms with Gasteiger partial charge in [0.05, 0.1) is 5.56 Å². The average molecular weight is 351 g/mol. The minimum absolute atomic E-state index is 0.0179. The van der Waals surface area contributed by atoms with E-state index >= 15 is 0 Å². The predicted octanol–water partition coefficient (Wildman–Crippen LogP) is 3.62. The van der Waals surface area contributed by atoms with Gasteiger partial charge in [-0.2, -0.15) is 5.26 Å². The van der Waals surface area contributed by atoms with Crippen molar-refractivity contribution < 1.29 is 4.79 Å². The number of nitrogens with zero attached hydrogens (tertiary/aromatic N) is 1. The average Bonchev–Trinajstić information content (AvgIpc) is 3.32. The molecule has 2 N–H and O–H groups in total. The molecule has 0 spiro atoms. The third-order valence-electron chi connectivity index (χ3n) is 5.24. The molecule has 1 aromatic carbocycles. The van der Waals surface area contributed by atoms with Gasteiger partial charge in [0.2, 0.25) is 5.91 Å². The van der Waals surface area contributed by atoms with Gasteiger partial charge in [-0.15, -0.1) is 11.3 Å². The van der Waals surface area contributed by atoms with Crippen molar-refractivity contribution in [3.63, 3.8) is 0 Å². The number of hydrogen-bond donors (Lipinski definition) is 2. The van der Waals surface area contributed by atoms with Crippen molar-refractivity contribution in [3.05, 3.63) is 50.9 Å². The minimum atomic E-state index is 0.0179. The fraction of sp³-hybridized carbons (Fsp3) is 0.400. The van der Waals surface area contributed by atoms with Crippen LogP contribution >= 0.6 is 11.3 Å². The standard InChI is InChI=1S/C20H21N3OS/c1-11-3-4-12(2)14(7-11)15-8-16(15)19(24)23-20-17(9-21)13-5-6-22-10-18(13)25-20/h3-4,7,15-16,22H,5-6,8,10H2,1-2H3,(H,23,24). The Morgan fingerprint density at radius 3 is 3.04 bits per heavy atom. The van der Waals surface area contributed by atoms with E-state index in [9.17, 15) is 10.1 Å².